The monoisotopic (exact) mass is 426 g/mol. The van der Waals surface area contributed by atoms with E-state index in [9.17, 15) is 19.2 Å². The molecule has 1 aliphatic heterocycles. The number of carbonyl (C=O) groups excluding carboxylic acids is 4. The van der Waals surface area contributed by atoms with Gasteiger partial charge in [-0.3, -0.25) is 19.3 Å². The molecule has 7 heteroatoms. The molecule has 31 heavy (non-hydrogen) atoms. The number of benzene rings is 1. The molecule has 1 N–H and O–H groups in total. The second-order valence-corrected chi connectivity index (χ2v) is 8.79. The van der Waals surface area contributed by atoms with E-state index in [0.29, 0.717) is 30.5 Å². The van der Waals surface area contributed by atoms with Gasteiger partial charge in [0.2, 0.25) is 17.7 Å². The first kappa shape index (κ1) is 22.7. The van der Waals surface area contributed by atoms with Gasteiger partial charge in [-0.15, -0.1) is 0 Å². The summed E-state index contributed by atoms with van der Waals surface area (Å²) in [4.78, 5) is 52.7. The molecule has 7 nitrogen and oxygen atoms in total. The van der Waals surface area contributed by atoms with Crippen LogP contribution in [0.2, 0.25) is 0 Å². The minimum atomic E-state index is -0.895. The van der Waals surface area contributed by atoms with Crippen molar-refractivity contribution in [1.29, 1.82) is 0 Å². The molecule has 1 aromatic rings. The van der Waals surface area contributed by atoms with Crippen LogP contribution in [0.1, 0.15) is 54.6 Å². The van der Waals surface area contributed by atoms with Gasteiger partial charge in [-0.25, -0.2) is 4.79 Å². The van der Waals surface area contributed by atoms with Gasteiger partial charge < -0.3 is 10.1 Å². The lowest BCUT2D eigenvalue weighted by atomic mass is 9.85. The van der Waals surface area contributed by atoms with E-state index in [0.717, 1.165) is 11.1 Å². The summed E-state index contributed by atoms with van der Waals surface area (Å²) in [7, 11) is 1.31. The van der Waals surface area contributed by atoms with Crippen LogP contribution in [0.4, 0.5) is 5.69 Å². The largest absolute Gasteiger partial charge is 0.465 e. The van der Waals surface area contributed by atoms with E-state index in [1.165, 1.54) is 12.0 Å². The van der Waals surface area contributed by atoms with Crippen LogP contribution in [0.3, 0.4) is 0 Å². The number of rotatable bonds is 6. The number of anilines is 1. The highest BCUT2D eigenvalue weighted by Gasteiger charge is 2.51. The number of esters is 1. The van der Waals surface area contributed by atoms with E-state index in [2.05, 4.69) is 5.32 Å². The second-order valence-electron chi connectivity index (χ2n) is 8.79. The standard InChI is InChI=1S/C24H30N2O5/c1-13(2)10-20(26-22(28)17-8-6-7-9-18(17)23(26)29)21(27)25-16-11-14(3)15(4)19(12-16)24(30)31-5/h6-7,11-13,17-18,20H,8-10H2,1-5H3,(H,25,27). The molecule has 3 rings (SSSR count). The number of hydrogen-bond acceptors (Lipinski definition) is 5. The Balaban J connectivity index is 1.90. The summed E-state index contributed by atoms with van der Waals surface area (Å²) in [5.74, 6) is -2.12. The number of nitrogens with zero attached hydrogens (tertiary/aromatic N) is 1. The lowest BCUT2D eigenvalue weighted by Crippen LogP contribution is -2.48. The zero-order chi connectivity index (χ0) is 22.9. The summed E-state index contributed by atoms with van der Waals surface area (Å²) < 4.78 is 4.84. The first-order chi connectivity index (χ1) is 14.6. The van der Waals surface area contributed by atoms with Gasteiger partial charge in [-0.2, -0.15) is 0 Å². The van der Waals surface area contributed by atoms with E-state index in [4.69, 9.17) is 4.74 Å². The van der Waals surface area contributed by atoms with Crippen LogP contribution in [0.15, 0.2) is 24.3 Å². The molecule has 2 aliphatic rings. The number of ether oxygens (including phenoxy) is 1. The number of hydrogen-bond donors (Lipinski definition) is 1. The van der Waals surface area contributed by atoms with Crippen LogP contribution < -0.4 is 5.32 Å². The number of allylic oxidation sites excluding steroid dienone is 2. The molecule has 166 valence electrons. The lowest BCUT2D eigenvalue weighted by molar-refractivity contribution is -0.147. The number of amides is 3. The van der Waals surface area contributed by atoms with E-state index < -0.39 is 17.9 Å². The van der Waals surface area contributed by atoms with Gasteiger partial charge in [-0.1, -0.05) is 26.0 Å². The van der Waals surface area contributed by atoms with Crippen LogP contribution in [-0.4, -0.2) is 41.7 Å². The van der Waals surface area contributed by atoms with E-state index in [1.807, 2.05) is 39.8 Å². The molecule has 0 spiro atoms. The smallest absolute Gasteiger partial charge is 0.338 e. The van der Waals surface area contributed by atoms with Crippen molar-refractivity contribution in [1.82, 2.24) is 4.90 Å². The maximum atomic E-state index is 13.3. The predicted molar refractivity (Wildman–Crippen MR) is 116 cm³/mol. The Labute approximate surface area is 182 Å². The Kier molecular flexibility index (Phi) is 6.62. The number of likely N-dealkylation sites (tertiary alicyclic amines) is 1. The zero-order valence-electron chi connectivity index (χ0n) is 18.7. The van der Waals surface area contributed by atoms with Gasteiger partial charge in [0.15, 0.2) is 0 Å². The highest BCUT2D eigenvalue weighted by Crippen LogP contribution is 2.37. The number of nitrogens with one attached hydrogen (secondary N) is 1. The minimum absolute atomic E-state index is 0.0995. The number of carbonyl (C=O) groups is 4. The van der Waals surface area contributed by atoms with Crippen LogP contribution in [0.5, 0.6) is 0 Å². The number of aryl methyl sites for hydroxylation is 1. The molecule has 1 aromatic carbocycles. The number of fused-ring (bicyclic) bond motifs is 1. The molecule has 1 fully saturated rings. The fourth-order valence-electron chi connectivity index (χ4n) is 4.39. The Morgan fingerprint density at radius 3 is 2.19 bits per heavy atom. The number of imide groups is 1. The summed E-state index contributed by atoms with van der Waals surface area (Å²) in [6, 6.07) is 2.44. The SMILES string of the molecule is COC(=O)c1cc(NC(=O)C(CC(C)C)N2C(=O)C3CC=CCC3C2=O)cc(C)c1C. The molecule has 3 amide bonds. The Morgan fingerprint density at radius 1 is 1.10 bits per heavy atom. The quantitative estimate of drug-likeness (QED) is 0.428. The van der Waals surface area contributed by atoms with Gasteiger partial charge >= 0.3 is 5.97 Å². The van der Waals surface area contributed by atoms with Crippen LogP contribution >= 0.6 is 0 Å². The third kappa shape index (κ3) is 4.40. The van der Waals surface area contributed by atoms with Crippen molar-refractivity contribution in [2.24, 2.45) is 17.8 Å². The van der Waals surface area contributed by atoms with Gasteiger partial charge in [0.1, 0.15) is 6.04 Å². The predicted octanol–water partition coefficient (Wildman–Crippen LogP) is 3.39. The first-order valence-electron chi connectivity index (χ1n) is 10.7. The minimum Gasteiger partial charge on any atom is -0.465 e. The van der Waals surface area contributed by atoms with Gasteiger partial charge in [0.25, 0.3) is 0 Å². The van der Waals surface area contributed by atoms with Crippen molar-refractivity contribution >= 4 is 29.4 Å². The third-order valence-corrected chi connectivity index (χ3v) is 6.19. The average Bonchev–Trinajstić information content (AvgIpc) is 2.98. The summed E-state index contributed by atoms with van der Waals surface area (Å²) in [6.07, 6.45) is 5.28. The highest BCUT2D eigenvalue weighted by molar-refractivity contribution is 6.10. The molecule has 3 atom stereocenters. The lowest BCUT2D eigenvalue weighted by Gasteiger charge is -2.27. The van der Waals surface area contributed by atoms with Crippen LogP contribution in [-0.2, 0) is 19.1 Å². The Bertz CT molecular complexity index is 924. The highest BCUT2D eigenvalue weighted by atomic mass is 16.5. The van der Waals surface area contributed by atoms with Crippen LogP contribution in [0.25, 0.3) is 0 Å². The van der Waals surface area contributed by atoms with E-state index in [1.54, 1.807) is 12.1 Å². The maximum Gasteiger partial charge on any atom is 0.338 e. The molecular weight excluding hydrogens is 396 g/mol. The normalized spacial score (nSPS) is 21.3. The molecule has 3 unspecified atom stereocenters. The average molecular weight is 427 g/mol. The van der Waals surface area contributed by atoms with Crippen molar-refractivity contribution in [3.05, 3.63) is 41.0 Å². The zero-order valence-corrected chi connectivity index (χ0v) is 18.7. The molecule has 0 saturated carbocycles. The van der Waals surface area contributed by atoms with Crippen molar-refractivity contribution in [2.75, 3.05) is 12.4 Å². The van der Waals surface area contributed by atoms with Gasteiger partial charge in [0.05, 0.1) is 24.5 Å². The van der Waals surface area contributed by atoms with E-state index >= 15 is 0 Å². The molecule has 1 heterocycles. The molecule has 1 saturated heterocycles. The maximum absolute atomic E-state index is 13.3. The Hall–Kier alpha value is -2.96. The topological polar surface area (TPSA) is 92.8 Å². The number of methoxy groups -OCH3 is 1. The van der Waals surface area contributed by atoms with Crippen molar-refractivity contribution in [3.63, 3.8) is 0 Å². The Morgan fingerprint density at radius 2 is 1.68 bits per heavy atom. The third-order valence-electron chi connectivity index (χ3n) is 6.19. The van der Waals surface area contributed by atoms with Gasteiger partial charge in [0, 0.05) is 5.69 Å². The van der Waals surface area contributed by atoms with Gasteiger partial charge in [-0.05, 0) is 62.3 Å². The summed E-state index contributed by atoms with van der Waals surface area (Å²) in [5.41, 5.74) is 2.39. The second kappa shape index (κ2) is 9.04. The van der Waals surface area contributed by atoms with Crippen molar-refractivity contribution in [2.45, 2.75) is 53.0 Å². The first-order valence-corrected chi connectivity index (χ1v) is 10.7. The molecule has 0 bridgehead atoms. The summed E-state index contributed by atoms with van der Waals surface area (Å²) in [5, 5.41) is 2.83. The molecule has 0 radical (unpaired) electrons. The molecule has 0 aromatic heterocycles. The summed E-state index contributed by atoms with van der Waals surface area (Å²) in [6.45, 7) is 7.55. The molecular formula is C24H30N2O5. The van der Waals surface area contributed by atoms with E-state index in [-0.39, 0.29) is 29.6 Å². The fraction of sp³-hybridized carbons (Fsp3) is 0.500. The van der Waals surface area contributed by atoms with Crippen molar-refractivity contribution in [3.8, 4) is 0 Å². The fourth-order valence-corrected chi connectivity index (χ4v) is 4.39. The van der Waals surface area contributed by atoms with Crippen molar-refractivity contribution < 1.29 is 23.9 Å². The molecule has 1 aliphatic carbocycles. The summed E-state index contributed by atoms with van der Waals surface area (Å²) >= 11 is 0. The van der Waals surface area contributed by atoms with Crippen LogP contribution in [0, 0.1) is 31.6 Å².